The van der Waals surface area contributed by atoms with Crippen LogP contribution in [0.5, 0.6) is 0 Å². The van der Waals surface area contributed by atoms with Crippen molar-refractivity contribution in [2.24, 2.45) is 11.7 Å². The second-order valence-electron chi connectivity index (χ2n) is 4.89. The maximum atomic E-state index is 11.6. The molecule has 0 atom stereocenters. The Morgan fingerprint density at radius 1 is 1.24 bits per heavy atom. The van der Waals surface area contributed by atoms with Crippen LogP contribution in [-0.2, 0) is 10.0 Å². The summed E-state index contributed by atoms with van der Waals surface area (Å²) >= 11 is 0. The minimum absolute atomic E-state index is 0. The van der Waals surface area contributed by atoms with Crippen LogP contribution in [0.2, 0.25) is 0 Å². The molecule has 0 heterocycles. The van der Waals surface area contributed by atoms with E-state index in [0.717, 1.165) is 12.8 Å². The van der Waals surface area contributed by atoms with Crippen LogP contribution in [0.1, 0.15) is 47.0 Å². The SMILES string of the molecule is CCC(N)(CC)CNS(=O)(=O)CCC(C)C.Cl. The molecule has 0 saturated heterocycles. The van der Waals surface area contributed by atoms with Crippen molar-refractivity contribution < 1.29 is 8.42 Å². The average molecular weight is 287 g/mol. The summed E-state index contributed by atoms with van der Waals surface area (Å²) in [5.41, 5.74) is 5.62. The summed E-state index contributed by atoms with van der Waals surface area (Å²) < 4.78 is 25.9. The fourth-order valence-electron chi connectivity index (χ4n) is 1.22. The molecule has 0 aliphatic heterocycles. The van der Waals surface area contributed by atoms with Crippen molar-refractivity contribution in [3.63, 3.8) is 0 Å². The second-order valence-corrected chi connectivity index (χ2v) is 6.82. The molecule has 4 nitrogen and oxygen atoms in total. The first-order valence-corrected chi connectivity index (χ1v) is 7.66. The molecule has 0 bridgehead atoms. The van der Waals surface area contributed by atoms with E-state index in [1.165, 1.54) is 0 Å². The van der Waals surface area contributed by atoms with E-state index in [9.17, 15) is 8.42 Å². The molecule has 3 N–H and O–H groups in total. The van der Waals surface area contributed by atoms with E-state index in [1.807, 2.05) is 27.7 Å². The Hall–Kier alpha value is 0.160. The fraction of sp³-hybridized carbons (Fsp3) is 1.00. The molecule has 0 aromatic carbocycles. The highest BCUT2D eigenvalue weighted by atomic mass is 35.5. The van der Waals surface area contributed by atoms with E-state index in [2.05, 4.69) is 4.72 Å². The normalized spacial score (nSPS) is 12.6. The lowest BCUT2D eigenvalue weighted by Gasteiger charge is -2.26. The van der Waals surface area contributed by atoms with Gasteiger partial charge in [-0.05, 0) is 25.2 Å². The number of sulfonamides is 1. The summed E-state index contributed by atoms with van der Waals surface area (Å²) in [7, 11) is -3.16. The van der Waals surface area contributed by atoms with Gasteiger partial charge in [-0.15, -0.1) is 12.4 Å². The zero-order valence-corrected chi connectivity index (χ0v) is 13.0. The van der Waals surface area contributed by atoms with Gasteiger partial charge in [-0.1, -0.05) is 27.7 Å². The molecule has 0 aromatic heterocycles. The van der Waals surface area contributed by atoms with Crippen molar-refractivity contribution in [3.8, 4) is 0 Å². The summed E-state index contributed by atoms with van der Waals surface area (Å²) in [6.07, 6.45) is 2.23. The Morgan fingerprint density at radius 3 is 2.06 bits per heavy atom. The summed E-state index contributed by atoms with van der Waals surface area (Å²) in [6.45, 7) is 8.32. The fourth-order valence-corrected chi connectivity index (χ4v) is 2.65. The van der Waals surface area contributed by atoms with E-state index in [0.29, 0.717) is 18.9 Å². The van der Waals surface area contributed by atoms with Crippen LogP contribution in [-0.4, -0.2) is 26.3 Å². The van der Waals surface area contributed by atoms with Crippen LogP contribution in [0, 0.1) is 5.92 Å². The first kappa shape index (κ1) is 19.5. The summed E-state index contributed by atoms with van der Waals surface area (Å²) in [5, 5.41) is 0. The largest absolute Gasteiger partial charge is 0.324 e. The van der Waals surface area contributed by atoms with Gasteiger partial charge in [0.2, 0.25) is 10.0 Å². The van der Waals surface area contributed by atoms with Gasteiger partial charge in [-0.2, -0.15) is 0 Å². The first-order chi connectivity index (χ1) is 7.24. The Kier molecular flexibility index (Phi) is 9.51. The van der Waals surface area contributed by atoms with Gasteiger partial charge in [0.05, 0.1) is 5.75 Å². The Morgan fingerprint density at radius 2 is 1.71 bits per heavy atom. The molecule has 0 fully saturated rings. The Labute approximate surface area is 112 Å². The number of hydrogen-bond donors (Lipinski definition) is 2. The summed E-state index contributed by atoms with van der Waals surface area (Å²) in [4.78, 5) is 0. The zero-order chi connectivity index (χ0) is 12.8. The van der Waals surface area contributed by atoms with Gasteiger partial charge < -0.3 is 5.73 Å². The molecule has 106 valence electrons. The molecule has 0 saturated carbocycles. The standard InChI is InChI=1S/C11H26N2O2S.ClH/c1-5-11(12,6-2)9-13-16(14,15)8-7-10(3)4;/h10,13H,5-9,12H2,1-4H3;1H. The lowest BCUT2D eigenvalue weighted by Crippen LogP contribution is -2.49. The van der Waals surface area contributed by atoms with E-state index in [4.69, 9.17) is 5.73 Å². The molecular formula is C11H27ClN2O2S. The first-order valence-electron chi connectivity index (χ1n) is 6.01. The number of nitrogens with one attached hydrogen (secondary N) is 1. The van der Waals surface area contributed by atoms with Crippen LogP contribution in [0.25, 0.3) is 0 Å². The summed E-state index contributed by atoms with van der Waals surface area (Å²) in [5.74, 6) is 0.588. The topological polar surface area (TPSA) is 72.2 Å². The molecular weight excluding hydrogens is 260 g/mol. The predicted molar refractivity (Wildman–Crippen MR) is 76.0 cm³/mol. The molecule has 0 rings (SSSR count). The highest BCUT2D eigenvalue weighted by Crippen LogP contribution is 2.10. The third kappa shape index (κ3) is 8.83. The van der Waals surface area contributed by atoms with Gasteiger partial charge in [-0.3, -0.25) is 0 Å². The Bertz CT molecular complexity index is 288. The van der Waals surface area contributed by atoms with E-state index < -0.39 is 15.6 Å². The minimum atomic E-state index is -3.16. The van der Waals surface area contributed by atoms with Gasteiger partial charge in [0.1, 0.15) is 0 Å². The van der Waals surface area contributed by atoms with Gasteiger partial charge in [0.25, 0.3) is 0 Å². The molecule has 0 aromatic rings. The highest BCUT2D eigenvalue weighted by molar-refractivity contribution is 7.89. The van der Waals surface area contributed by atoms with Crippen molar-refractivity contribution in [1.29, 1.82) is 0 Å². The maximum absolute atomic E-state index is 11.6. The van der Waals surface area contributed by atoms with E-state index in [1.54, 1.807) is 0 Å². The smallest absolute Gasteiger partial charge is 0.211 e. The molecule has 0 unspecified atom stereocenters. The molecule has 0 radical (unpaired) electrons. The van der Waals surface area contributed by atoms with Crippen LogP contribution in [0.15, 0.2) is 0 Å². The number of halogens is 1. The number of rotatable bonds is 8. The van der Waals surface area contributed by atoms with Gasteiger partial charge in [0, 0.05) is 12.1 Å². The lowest BCUT2D eigenvalue weighted by molar-refractivity contribution is 0.391. The van der Waals surface area contributed by atoms with Crippen LogP contribution >= 0.6 is 12.4 Å². The number of hydrogen-bond acceptors (Lipinski definition) is 3. The Balaban J connectivity index is 0. The monoisotopic (exact) mass is 286 g/mol. The molecule has 0 aliphatic carbocycles. The van der Waals surface area contributed by atoms with Gasteiger partial charge in [0.15, 0.2) is 0 Å². The third-order valence-corrected chi connectivity index (χ3v) is 4.37. The molecule has 0 aliphatic rings. The number of nitrogens with two attached hydrogens (primary N) is 1. The molecule has 0 spiro atoms. The quantitative estimate of drug-likeness (QED) is 0.716. The lowest BCUT2D eigenvalue weighted by atomic mass is 9.95. The van der Waals surface area contributed by atoms with Crippen molar-refractivity contribution >= 4 is 22.4 Å². The third-order valence-electron chi connectivity index (χ3n) is 3.02. The van der Waals surface area contributed by atoms with Crippen molar-refractivity contribution in [2.75, 3.05) is 12.3 Å². The molecule has 6 heteroatoms. The van der Waals surface area contributed by atoms with E-state index in [-0.39, 0.29) is 18.2 Å². The minimum Gasteiger partial charge on any atom is -0.324 e. The van der Waals surface area contributed by atoms with Crippen LogP contribution in [0.4, 0.5) is 0 Å². The highest BCUT2D eigenvalue weighted by Gasteiger charge is 2.22. The average Bonchev–Trinajstić information content (AvgIpc) is 2.24. The van der Waals surface area contributed by atoms with Gasteiger partial charge >= 0.3 is 0 Å². The van der Waals surface area contributed by atoms with Crippen molar-refractivity contribution in [1.82, 2.24) is 4.72 Å². The zero-order valence-electron chi connectivity index (χ0n) is 11.3. The van der Waals surface area contributed by atoms with E-state index >= 15 is 0 Å². The van der Waals surface area contributed by atoms with Crippen LogP contribution in [0.3, 0.4) is 0 Å². The summed E-state index contributed by atoms with van der Waals surface area (Å²) in [6, 6.07) is 0. The van der Waals surface area contributed by atoms with Gasteiger partial charge in [-0.25, -0.2) is 13.1 Å². The van der Waals surface area contributed by atoms with Crippen molar-refractivity contribution in [2.45, 2.75) is 52.5 Å². The molecule has 0 amide bonds. The van der Waals surface area contributed by atoms with Crippen molar-refractivity contribution in [3.05, 3.63) is 0 Å². The second kappa shape index (κ2) is 8.29. The predicted octanol–water partition coefficient (Wildman–Crippen LogP) is 1.89. The molecule has 17 heavy (non-hydrogen) atoms. The van der Waals surface area contributed by atoms with Crippen LogP contribution < -0.4 is 10.5 Å². The maximum Gasteiger partial charge on any atom is 0.211 e.